The summed E-state index contributed by atoms with van der Waals surface area (Å²) in [4.78, 5) is 33.5. The van der Waals surface area contributed by atoms with Crippen LogP contribution in [0.5, 0.6) is 0 Å². The smallest absolute Gasteiger partial charge is 0.359 e. The lowest BCUT2D eigenvalue weighted by atomic mass is 10.1. The first-order valence-corrected chi connectivity index (χ1v) is 12.5. The highest BCUT2D eigenvalue weighted by Gasteiger charge is 2.35. The number of unbranched alkanes of at least 4 members (excludes halogenated alkanes) is 13. The molecule has 0 saturated carbocycles. The molecule has 3 N–H and O–H groups in total. The van der Waals surface area contributed by atoms with Crippen LogP contribution in [0, 0.1) is 0 Å². The van der Waals surface area contributed by atoms with E-state index in [1.165, 1.54) is 70.6 Å². The van der Waals surface area contributed by atoms with Gasteiger partial charge in [-0.3, -0.25) is 4.48 Å². The number of allylic oxidation sites excluding steroid dienone is 2. The van der Waals surface area contributed by atoms with Crippen LogP contribution >= 0.6 is 0 Å². The Balaban J connectivity index is 3.83. The highest BCUT2D eigenvalue weighted by molar-refractivity contribution is 5.73. The third-order valence-electron chi connectivity index (χ3n) is 5.81. The molecule has 186 valence electrons. The number of rotatable bonds is 23. The number of quaternary nitrogens is 1. The maximum atomic E-state index is 11.2. The van der Waals surface area contributed by atoms with Gasteiger partial charge in [0.05, 0.1) is 6.54 Å². The molecule has 7 nitrogen and oxygen atoms in total. The van der Waals surface area contributed by atoms with Crippen LogP contribution in [0.1, 0.15) is 103 Å². The molecule has 0 aliphatic rings. The van der Waals surface area contributed by atoms with Crippen LogP contribution < -0.4 is 0 Å². The van der Waals surface area contributed by atoms with Crippen LogP contribution in [-0.2, 0) is 14.4 Å². The standard InChI is InChI=1S/C25H45NO6/c1-2-3-4-5-6-7-8-9-10-11-12-13-14-15-16-17-18-19-26(20-23(27)28,21-24(29)30)22-25(31)32/h6-7H,2-5,8-22H2,1H3,(H2-,27,28,29,30,31,32)/p+1/b7-6+. The highest BCUT2D eigenvalue weighted by Crippen LogP contribution is 2.15. The number of carboxylic acids is 3. The van der Waals surface area contributed by atoms with Crippen LogP contribution in [-0.4, -0.2) is 63.9 Å². The first kappa shape index (κ1) is 30.1. The van der Waals surface area contributed by atoms with E-state index in [1.54, 1.807) is 0 Å². The van der Waals surface area contributed by atoms with E-state index in [2.05, 4.69) is 19.1 Å². The molecule has 0 aliphatic carbocycles. The van der Waals surface area contributed by atoms with Crippen molar-refractivity contribution < 1.29 is 34.2 Å². The van der Waals surface area contributed by atoms with Gasteiger partial charge in [0.15, 0.2) is 19.6 Å². The molecule has 0 bridgehead atoms. The van der Waals surface area contributed by atoms with Gasteiger partial charge < -0.3 is 15.3 Å². The lowest BCUT2D eigenvalue weighted by molar-refractivity contribution is -0.907. The molecule has 0 atom stereocenters. The molecule has 0 rings (SSSR count). The zero-order chi connectivity index (χ0) is 24.1. The van der Waals surface area contributed by atoms with Crippen molar-refractivity contribution in [1.82, 2.24) is 0 Å². The molecular weight excluding hydrogens is 410 g/mol. The number of aliphatic carboxylic acids is 3. The second-order valence-corrected chi connectivity index (χ2v) is 9.01. The summed E-state index contributed by atoms with van der Waals surface area (Å²) in [6.07, 6.45) is 22.1. The predicted octanol–water partition coefficient (Wildman–Crippen LogP) is 5.48. The minimum atomic E-state index is -1.17. The molecule has 0 heterocycles. The third-order valence-corrected chi connectivity index (χ3v) is 5.81. The van der Waals surface area contributed by atoms with Gasteiger partial charge in [-0.05, 0) is 38.5 Å². The van der Waals surface area contributed by atoms with E-state index >= 15 is 0 Å². The Labute approximate surface area is 194 Å². The fourth-order valence-corrected chi connectivity index (χ4v) is 4.14. The molecule has 0 saturated heterocycles. The summed E-state index contributed by atoms with van der Waals surface area (Å²) in [5, 5.41) is 27.3. The van der Waals surface area contributed by atoms with Gasteiger partial charge in [-0.2, -0.15) is 0 Å². The molecule has 0 unspecified atom stereocenters. The van der Waals surface area contributed by atoms with E-state index in [9.17, 15) is 14.4 Å². The molecule has 0 aromatic carbocycles. The predicted molar refractivity (Wildman–Crippen MR) is 127 cm³/mol. The van der Waals surface area contributed by atoms with Gasteiger partial charge in [-0.25, -0.2) is 14.4 Å². The van der Waals surface area contributed by atoms with Crippen LogP contribution in [0.25, 0.3) is 0 Å². The van der Waals surface area contributed by atoms with Crippen molar-refractivity contribution in [3.8, 4) is 0 Å². The largest absolute Gasteiger partial charge is 0.477 e. The van der Waals surface area contributed by atoms with Crippen molar-refractivity contribution >= 4 is 17.9 Å². The van der Waals surface area contributed by atoms with Crippen molar-refractivity contribution in [3.63, 3.8) is 0 Å². The van der Waals surface area contributed by atoms with Gasteiger partial charge in [-0.15, -0.1) is 0 Å². The Morgan fingerprint density at radius 2 is 0.906 bits per heavy atom. The van der Waals surface area contributed by atoms with Gasteiger partial charge in [0, 0.05) is 0 Å². The molecule has 0 amide bonds. The topological polar surface area (TPSA) is 112 Å². The number of hydrogen-bond donors (Lipinski definition) is 3. The monoisotopic (exact) mass is 456 g/mol. The fraction of sp³-hybridized carbons (Fsp3) is 0.800. The first-order chi connectivity index (χ1) is 15.3. The first-order valence-electron chi connectivity index (χ1n) is 12.5. The SMILES string of the molecule is CCCCC/C=C/CCCCCCCCCCCC[N+](CC(=O)O)(CC(=O)O)CC(=O)O. The fourth-order valence-electron chi connectivity index (χ4n) is 4.14. The van der Waals surface area contributed by atoms with Crippen molar-refractivity contribution in [2.24, 2.45) is 0 Å². The molecule has 0 aromatic heterocycles. The van der Waals surface area contributed by atoms with E-state index in [0.717, 1.165) is 19.3 Å². The highest BCUT2D eigenvalue weighted by atomic mass is 16.4. The summed E-state index contributed by atoms with van der Waals surface area (Å²) in [5.74, 6) is -3.51. The van der Waals surface area contributed by atoms with Crippen LogP contribution in [0.15, 0.2) is 12.2 Å². The average molecular weight is 457 g/mol. The lowest BCUT2D eigenvalue weighted by Gasteiger charge is -2.34. The summed E-state index contributed by atoms with van der Waals surface area (Å²) in [7, 11) is 0. The van der Waals surface area contributed by atoms with Gasteiger partial charge in [0.1, 0.15) is 0 Å². The third kappa shape index (κ3) is 18.8. The quantitative estimate of drug-likeness (QED) is 0.107. The van der Waals surface area contributed by atoms with Crippen LogP contribution in [0.2, 0.25) is 0 Å². The Morgan fingerprint density at radius 1 is 0.562 bits per heavy atom. The Kier molecular flexibility index (Phi) is 18.6. The van der Waals surface area contributed by atoms with E-state index < -0.39 is 42.0 Å². The minimum Gasteiger partial charge on any atom is -0.477 e. The lowest BCUT2D eigenvalue weighted by Crippen LogP contribution is -2.57. The molecule has 0 spiro atoms. The summed E-state index contributed by atoms with van der Waals surface area (Å²) in [6, 6.07) is 0. The van der Waals surface area contributed by atoms with E-state index in [-0.39, 0.29) is 6.54 Å². The number of carbonyl (C=O) groups is 3. The van der Waals surface area contributed by atoms with Crippen LogP contribution in [0.4, 0.5) is 0 Å². The summed E-state index contributed by atoms with van der Waals surface area (Å²) in [6.45, 7) is 1.05. The van der Waals surface area contributed by atoms with E-state index in [4.69, 9.17) is 15.3 Å². The Morgan fingerprint density at radius 3 is 1.28 bits per heavy atom. The number of hydrogen-bond acceptors (Lipinski definition) is 3. The van der Waals surface area contributed by atoms with Crippen molar-refractivity contribution in [3.05, 3.63) is 12.2 Å². The molecule has 32 heavy (non-hydrogen) atoms. The summed E-state index contributed by atoms with van der Waals surface area (Å²) >= 11 is 0. The van der Waals surface area contributed by atoms with Gasteiger partial charge >= 0.3 is 17.9 Å². The van der Waals surface area contributed by atoms with Crippen molar-refractivity contribution in [2.75, 3.05) is 26.2 Å². The van der Waals surface area contributed by atoms with Crippen molar-refractivity contribution in [2.45, 2.75) is 103 Å². The molecule has 0 aromatic rings. The summed E-state index contributed by atoms with van der Waals surface area (Å²) < 4.78 is -0.437. The zero-order valence-electron chi connectivity index (χ0n) is 20.1. The van der Waals surface area contributed by atoms with Crippen molar-refractivity contribution in [1.29, 1.82) is 0 Å². The van der Waals surface area contributed by atoms with Gasteiger partial charge in [0.25, 0.3) is 0 Å². The second kappa shape index (κ2) is 19.8. The Bertz CT molecular complexity index is 506. The maximum absolute atomic E-state index is 11.2. The maximum Gasteiger partial charge on any atom is 0.359 e. The molecular formula is C25H46NO6+. The van der Waals surface area contributed by atoms with E-state index in [0.29, 0.717) is 6.42 Å². The minimum absolute atomic E-state index is 0.262. The number of carboxylic acid groups (broad SMARTS) is 3. The normalized spacial score (nSPS) is 11.8. The summed E-state index contributed by atoms with van der Waals surface area (Å²) in [5.41, 5.74) is 0. The second-order valence-electron chi connectivity index (χ2n) is 9.01. The zero-order valence-corrected chi connectivity index (χ0v) is 20.1. The molecule has 0 radical (unpaired) electrons. The van der Waals surface area contributed by atoms with Gasteiger partial charge in [0.2, 0.25) is 0 Å². The molecule has 0 aliphatic heterocycles. The van der Waals surface area contributed by atoms with Crippen LogP contribution in [0.3, 0.4) is 0 Å². The molecule has 7 heteroatoms. The molecule has 0 fully saturated rings. The van der Waals surface area contributed by atoms with E-state index in [1.807, 2.05) is 0 Å². The van der Waals surface area contributed by atoms with Gasteiger partial charge in [-0.1, -0.05) is 76.9 Å². The average Bonchev–Trinajstić information content (AvgIpc) is 2.68. The number of nitrogens with zero attached hydrogens (tertiary/aromatic N) is 1. The Hall–Kier alpha value is -1.89.